The van der Waals surface area contributed by atoms with E-state index >= 15 is 0 Å². The van der Waals surface area contributed by atoms with Gasteiger partial charge in [-0.2, -0.15) is 0 Å². The Kier molecular flexibility index (Phi) is 6.19. The molecule has 1 unspecified atom stereocenters. The Hall–Kier alpha value is -2.73. The minimum Gasteiger partial charge on any atom is -0.494 e. The Morgan fingerprint density at radius 3 is 2.85 bits per heavy atom. The van der Waals surface area contributed by atoms with Gasteiger partial charge in [0.15, 0.2) is 0 Å². The van der Waals surface area contributed by atoms with Gasteiger partial charge in [-0.15, -0.1) is 11.3 Å². The fraction of sp³-hybridized carbons (Fsp3) is 0.238. The molecule has 0 saturated carbocycles. The summed E-state index contributed by atoms with van der Waals surface area (Å²) in [5.41, 5.74) is 1.90. The number of hydrogen-bond acceptors (Lipinski definition) is 4. The summed E-state index contributed by atoms with van der Waals surface area (Å²) < 4.78 is 20.0. The fourth-order valence-electron chi connectivity index (χ4n) is 2.89. The van der Waals surface area contributed by atoms with Crippen molar-refractivity contribution in [1.29, 1.82) is 0 Å². The molecule has 2 aromatic carbocycles. The zero-order valence-corrected chi connectivity index (χ0v) is 15.7. The van der Waals surface area contributed by atoms with Gasteiger partial charge in [-0.3, -0.25) is 4.79 Å². The van der Waals surface area contributed by atoms with E-state index < -0.39 is 5.97 Å². The van der Waals surface area contributed by atoms with E-state index in [1.54, 1.807) is 18.3 Å². The van der Waals surface area contributed by atoms with Crippen LogP contribution < -0.4 is 4.74 Å². The highest BCUT2D eigenvalue weighted by molar-refractivity contribution is 7.09. The van der Waals surface area contributed by atoms with Gasteiger partial charge in [0.25, 0.3) is 0 Å². The Bertz CT molecular complexity index is 912. The highest BCUT2D eigenvalue weighted by atomic mass is 32.1. The molecular weight excluding hydrogens is 365 g/mol. The number of hydrogen-bond donors (Lipinski definition) is 1. The van der Waals surface area contributed by atoms with E-state index in [0.29, 0.717) is 23.5 Å². The van der Waals surface area contributed by atoms with Crippen LogP contribution in [-0.2, 0) is 4.79 Å². The molecule has 140 valence electrons. The maximum absolute atomic E-state index is 14.4. The van der Waals surface area contributed by atoms with Crippen molar-refractivity contribution in [3.05, 3.63) is 70.4 Å². The topological polar surface area (TPSA) is 59.4 Å². The van der Waals surface area contributed by atoms with E-state index in [9.17, 15) is 14.3 Å². The monoisotopic (exact) mass is 385 g/mol. The third kappa shape index (κ3) is 4.71. The number of ether oxygens (including phenoxy) is 1. The van der Waals surface area contributed by atoms with Crippen LogP contribution in [0.2, 0.25) is 0 Å². The quantitative estimate of drug-likeness (QED) is 0.568. The zero-order chi connectivity index (χ0) is 19.2. The van der Waals surface area contributed by atoms with Gasteiger partial charge in [-0.05, 0) is 35.7 Å². The second-order valence-corrected chi connectivity index (χ2v) is 7.06. The van der Waals surface area contributed by atoms with Crippen LogP contribution in [0, 0.1) is 5.82 Å². The van der Waals surface area contributed by atoms with Gasteiger partial charge >= 0.3 is 5.97 Å². The molecule has 1 N–H and O–H groups in total. The molecule has 0 fully saturated rings. The number of carboxylic acid groups (broad SMARTS) is 1. The van der Waals surface area contributed by atoms with Crippen LogP contribution in [0.3, 0.4) is 0 Å². The first-order valence-electron chi connectivity index (χ1n) is 8.72. The van der Waals surface area contributed by atoms with Crippen LogP contribution >= 0.6 is 11.3 Å². The Morgan fingerprint density at radius 1 is 1.30 bits per heavy atom. The predicted molar refractivity (Wildman–Crippen MR) is 104 cm³/mol. The predicted octanol–water partition coefficient (Wildman–Crippen LogP) is 5.34. The minimum atomic E-state index is -0.901. The summed E-state index contributed by atoms with van der Waals surface area (Å²) in [4.78, 5) is 15.6. The lowest BCUT2D eigenvalue weighted by Gasteiger charge is -2.15. The smallest absolute Gasteiger partial charge is 0.304 e. The van der Waals surface area contributed by atoms with Crippen LogP contribution in [0.25, 0.3) is 11.1 Å². The average molecular weight is 385 g/mol. The van der Waals surface area contributed by atoms with Gasteiger partial charge in [-0.25, -0.2) is 9.37 Å². The molecule has 3 rings (SSSR count). The first-order chi connectivity index (χ1) is 13.1. The molecule has 6 heteroatoms. The van der Waals surface area contributed by atoms with Crippen molar-refractivity contribution in [1.82, 2.24) is 4.98 Å². The van der Waals surface area contributed by atoms with E-state index in [2.05, 4.69) is 4.98 Å². The number of benzene rings is 2. The summed E-state index contributed by atoms with van der Waals surface area (Å²) in [7, 11) is 0. The van der Waals surface area contributed by atoms with Crippen LogP contribution in [0.15, 0.2) is 54.0 Å². The van der Waals surface area contributed by atoms with Gasteiger partial charge in [0.2, 0.25) is 0 Å². The van der Waals surface area contributed by atoms with E-state index in [1.165, 1.54) is 17.4 Å². The lowest BCUT2D eigenvalue weighted by Crippen LogP contribution is -2.08. The molecule has 1 aromatic heterocycles. The van der Waals surface area contributed by atoms with Crippen molar-refractivity contribution in [2.24, 2.45) is 0 Å². The van der Waals surface area contributed by atoms with Crippen LogP contribution in [-0.4, -0.2) is 22.7 Å². The summed E-state index contributed by atoms with van der Waals surface area (Å²) in [5, 5.41) is 11.8. The van der Waals surface area contributed by atoms with Crippen molar-refractivity contribution in [3.63, 3.8) is 0 Å². The van der Waals surface area contributed by atoms with Crippen LogP contribution in [0.5, 0.6) is 5.75 Å². The molecule has 1 atom stereocenters. The normalized spacial score (nSPS) is 11.9. The first kappa shape index (κ1) is 19.0. The summed E-state index contributed by atoms with van der Waals surface area (Å²) in [6.07, 6.45) is 2.46. The number of nitrogens with zero attached hydrogens (tertiary/aromatic N) is 1. The number of thiazole rings is 1. The molecule has 1 heterocycles. The minimum absolute atomic E-state index is 0.0703. The van der Waals surface area contributed by atoms with Gasteiger partial charge in [-0.1, -0.05) is 31.2 Å². The van der Waals surface area contributed by atoms with Gasteiger partial charge in [0.1, 0.15) is 16.6 Å². The highest BCUT2D eigenvalue weighted by Gasteiger charge is 2.21. The molecule has 0 saturated heterocycles. The highest BCUT2D eigenvalue weighted by Crippen LogP contribution is 2.34. The Labute approximate surface area is 161 Å². The standard InChI is InChI=1S/C21H20FNO3S/c1-2-9-26-16-6-7-19(22)17(12-16)14-4-3-5-15(11-14)18(13-20(24)25)21-23-8-10-27-21/h3-8,10-12,18H,2,9,13H2,1H3,(H,24,25). The number of rotatable bonds is 8. The SMILES string of the molecule is CCCOc1ccc(F)c(-c2cccc(C(CC(=O)O)c3nccs3)c2)c1. The van der Waals surface area contributed by atoms with Gasteiger partial charge in [0.05, 0.1) is 13.0 Å². The summed E-state index contributed by atoms with van der Waals surface area (Å²) in [6.45, 7) is 2.57. The van der Waals surface area contributed by atoms with E-state index in [-0.39, 0.29) is 18.2 Å². The lowest BCUT2D eigenvalue weighted by atomic mass is 9.93. The maximum atomic E-state index is 14.4. The largest absolute Gasteiger partial charge is 0.494 e. The van der Waals surface area contributed by atoms with Crippen molar-refractivity contribution in [2.45, 2.75) is 25.7 Å². The van der Waals surface area contributed by atoms with E-state index in [4.69, 9.17) is 4.74 Å². The number of carbonyl (C=O) groups is 1. The van der Waals surface area contributed by atoms with Crippen LogP contribution in [0.4, 0.5) is 4.39 Å². The third-order valence-corrected chi connectivity index (χ3v) is 5.03. The summed E-state index contributed by atoms with van der Waals surface area (Å²) in [6, 6.07) is 12.0. The number of aliphatic carboxylic acids is 1. The second kappa shape index (κ2) is 8.77. The number of halogens is 1. The molecule has 0 aliphatic rings. The Morgan fingerprint density at radius 2 is 2.15 bits per heavy atom. The van der Waals surface area contributed by atoms with E-state index in [0.717, 1.165) is 17.0 Å². The molecule has 0 aliphatic heterocycles. The molecule has 0 bridgehead atoms. The van der Waals surface area contributed by atoms with Gasteiger partial charge in [0, 0.05) is 23.1 Å². The van der Waals surface area contributed by atoms with Gasteiger partial charge < -0.3 is 9.84 Å². The van der Waals surface area contributed by atoms with Crippen molar-refractivity contribution < 1.29 is 19.0 Å². The van der Waals surface area contributed by atoms with Crippen molar-refractivity contribution in [2.75, 3.05) is 6.61 Å². The van der Waals surface area contributed by atoms with E-state index in [1.807, 2.05) is 36.6 Å². The third-order valence-electron chi connectivity index (χ3n) is 4.14. The second-order valence-electron chi connectivity index (χ2n) is 6.14. The molecule has 27 heavy (non-hydrogen) atoms. The maximum Gasteiger partial charge on any atom is 0.304 e. The fourth-order valence-corrected chi connectivity index (χ4v) is 3.65. The molecular formula is C21H20FNO3S. The molecule has 0 radical (unpaired) electrons. The first-order valence-corrected chi connectivity index (χ1v) is 9.60. The number of aromatic nitrogens is 1. The average Bonchev–Trinajstić information content (AvgIpc) is 3.20. The van der Waals surface area contributed by atoms with Crippen molar-refractivity contribution in [3.8, 4) is 16.9 Å². The van der Waals surface area contributed by atoms with Crippen molar-refractivity contribution >= 4 is 17.3 Å². The summed E-state index contributed by atoms with van der Waals surface area (Å²) >= 11 is 1.42. The lowest BCUT2D eigenvalue weighted by molar-refractivity contribution is -0.137. The van der Waals surface area contributed by atoms with Crippen LogP contribution in [0.1, 0.15) is 36.3 Å². The molecule has 0 spiro atoms. The summed E-state index contributed by atoms with van der Waals surface area (Å²) in [5.74, 6) is -1.01. The molecule has 0 amide bonds. The number of carboxylic acids is 1. The molecule has 4 nitrogen and oxygen atoms in total. The zero-order valence-electron chi connectivity index (χ0n) is 14.9. The molecule has 0 aliphatic carbocycles. The Balaban J connectivity index is 1.98. The molecule has 3 aromatic rings.